The molecular formula is C18H27IN6O. The number of aliphatic imine (C=N–C) groups is 1. The highest BCUT2D eigenvalue weighted by Gasteiger charge is 2.05. The molecule has 1 amide bonds. The number of rotatable bonds is 8. The second kappa shape index (κ2) is 12.3. The number of likely N-dealkylation sites (N-methyl/N-ethyl adjacent to an activating group) is 1. The van der Waals surface area contributed by atoms with Crippen molar-refractivity contribution in [1.29, 1.82) is 0 Å². The molecule has 8 heteroatoms. The molecule has 0 fully saturated rings. The quantitative estimate of drug-likeness (QED) is 0.312. The van der Waals surface area contributed by atoms with Crippen molar-refractivity contribution in [3.05, 3.63) is 53.9 Å². The fraction of sp³-hybridized carbons (Fsp3) is 0.389. The van der Waals surface area contributed by atoms with Crippen molar-refractivity contribution < 1.29 is 4.79 Å². The van der Waals surface area contributed by atoms with Crippen LogP contribution >= 0.6 is 24.0 Å². The third-order valence-electron chi connectivity index (χ3n) is 3.55. The lowest BCUT2D eigenvalue weighted by atomic mass is 10.1. The van der Waals surface area contributed by atoms with Gasteiger partial charge in [-0.1, -0.05) is 24.3 Å². The molecule has 0 saturated heterocycles. The van der Waals surface area contributed by atoms with Gasteiger partial charge in [-0.2, -0.15) is 5.10 Å². The molecule has 2 rings (SSSR count). The molecule has 0 unspecified atom stereocenters. The molecule has 0 aliphatic carbocycles. The predicted octanol–water partition coefficient (Wildman–Crippen LogP) is 1.74. The van der Waals surface area contributed by atoms with Crippen molar-refractivity contribution in [1.82, 2.24) is 25.7 Å². The number of hydrogen-bond donors (Lipinski definition) is 3. The van der Waals surface area contributed by atoms with Crippen LogP contribution in [0.1, 0.15) is 25.0 Å². The van der Waals surface area contributed by atoms with Crippen LogP contribution in [-0.4, -0.2) is 41.3 Å². The van der Waals surface area contributed by atoms with Crippen molar-refractivity contribution in [3.63, 3.8) is 0 Å². The highest BCUT2D eigenvalue weighted by Crippen LogP contribution is 2.11. The van der Waals surface area contributed by atoms with Gasteiger partial charge in [-0.15, -0.1) is 24.0 Å². The molecule has 0 bridgehead atoms. The van der Waals surface area contributed by atoms with E-state index in [1.807, 2.05) is 42.9 Å². The van der Waals surface area contributed by atoms with Crippen LogP contribution in [0.3, 0.4) is 0 Å². The van der Waals surface area contributed by atoms with E-state index in [9.17, 15) is 4.79 Å². The Morgan fingerprint density at radius 1 is 1.08 bits per heavy atom. The van der Waals surface area contributed by atoms with E-state index >= 15 is 0 Å². The highest BCUT2D eigenvalue weighted by molar-refractivity contribution is 14.0. The Morgan fingerprint density at radius 3 is 2.46 bits per heavy atom. The lowest BCUT2D eigenvalue weighted by Crippen LogP contribution is -2.43. The molecule has 1 aromatic heterocycles. The molecule has 3 N–H and O–H groups in total. The molecule has 26 heavy (non-hydrogen) atoms. The van der Waals surface area contributed by atoms with Gasteiger partial charge in [0.1, 0.15) is 0 Å². The molecule has 0 aliphatic heterocycles. The monoisotopic (exact) mass is 470 g/mol. The normalized spacial score (nSPS) is 10.8. The molecule has 7 nitrogen and oxygen atoms in total. The summed E-state index contributed by atoms with van der Waals surface area (Å²) in [5, 5.41) is 13.2. The lowest BCUT2D eigenvalue weighted by molar-refractivity contribution is -0.119. The highest BCUT2D eigenvalue weighted by atomic mass is 127. The zero-order valence-corrected chi connectivity index (χ0v) is 17.6. The summed E-state index contributed by atoms with van der Waals surface area (Å²) in [5.74, 6) is 0.579. The number of carbonyl (C=O) groups excluding carboxylic acids is 1. The van der Waals surface area contributed by atoms with E-state index in [4.69, 9.17) is 0 Å². The number of nitrogens with one attached hydrogen (secondary N) is 3. The fourth-order valence-corrected chi connectivity index (χ4v) is 2.36. The first-order chi connectivity index (χ1) is 12.2. The van der Waals surface area contributed by atoms with Crippen molar-refractivity contribution in [3.8, 4) is 0 Å². The van der Waals surface area contributed by atoms with Crippen molar-refractivity contribution in [2.24, 2.45) is 4.99 Å². The second-order valence-corrected chi connectivity index (χ2v) is 5.47. The maximum absolute atomic E-state index is 11.6. The van der Waals surface area contributed by atoms with E-state index in [1.54, 1.807) is 6.20 Å². The van der Waals surface area contributed by atoms with E-state index in [1.165, 1.54) is 5.56 Å². The van der Waals surface area contributed by atoms with Gasteiger partial charge in [0.05, 0.1) is 19.6 Å². The average Bonchev–Trinajstić information content (AvgIpc) is 3.12. The fourth-order valence-electron chi connectivity index (χ4n) is 2.36. The number of hydrogen-bond acceptors (Lipinski definition) is 3. The van der Waals surface area contributed by atoms with E-state index in [0.29, 0.717) is 25.6 Å². The zero-order valence-electron chi connectivity index (χ0n) is 15.2. The van der Waals surface area contributed by atoms with Gasteiger partial charge in [0, 0.05) is 25.5 Å². The first kappa shape index (κ1) is 21.9. The number of amides is 1. The number of halogens is 1. The summed E-state index contributed by atoms with van der Waals surface area (Å²) in [6.07, 6.45) is 3.72. The van der Waals surface area contributed by atoms with Gasteiger partial charge >= 0.3 is 0 Å². The molecule has 0 spiro atoms. The molecule has 0 aliphatic rings. The summed E-state index contributed by atoms with van der Waals surface area (Å²) in [7, 11) is 0. The first-order valence-electron chi connectivity index (χ1n) is 8.56. The molecular weight excluding hydrogens is 443 g/mol. The van der Waals surface area contributed by atoms with Gasteiger partial charge in [-0.05, 0) is 31.0 Å². The Morgan fingerprint density at radius 2 is 1.81 bits per heavy atom. The van der Waals surface area contributed by atoms with Crippen LogP contribution in [0.2, 0.25) is 0 Å². The maximum atomic E-state index is 11.6. The topological polar surface area (TPSA) is 83.3 Å². The molecule has 1 aromatic carbocycles. The SMILES string of the molecule is CCNC(=O)CNC(=NCc1ccccc1Cn1cccn1)NCC.I. The Bertz CT molecular complexity index is 687. The van der Waals surface area contributed by atoms with Crippen LogP contribution in [0.25, 0.3) is 0 Å². The van der Waals surface area contributed by atoms with E-state index in [2.05, 4.69) is 38.2 Å². The molecule has 0 radical (unpaired) electrons. The smallest absolute Gasteiger partial charge is 0.239 e. The predicted molar refractivity (Wildman–Crippen MR) is 115 cm³/mol. The Kier molecular flexibility index (Phi) is 10.4. The Labute approximate surface area is 171 Å². The Balaban J connectivity index is 0.00000338. The van der Waals surface area contributed by atoms with Gasteiger partial charge in [-0.25, -0.2) is 4.99 Å². The number of guanidine groups is 1. The van der Waals surface area contributed by atoms with Crippen molar-refractivity contribution in [2.75, 3.05) is 19.6 Å². The van der Waals surface area contributed by atoms with Crippen LogP contribution in [0.4, 0.5) is 0 Å². The van der Waals surface area contributed by atoms with Gasteiger partial charge in [0.2, 0.25) is 5.91 Å². The summed E-state index contributed by atoms with van der Waals surface area (Å²) in [4.78, 5) is 16.2. The molecule has 1 heterocycles. The standard InChI is InChI=1S/C18H26N6O.HI/c1-3-19-17(25)13-22-18(20-4-2)21-12-15-8-5-6-9-16(15)14-24-11-7-10-23-24;/h5-11H,3-4,12-14H2,1-2H3,(H,19,25)(H2,20,21,22);1H. The molecule has 0 atom stereocenters. The summed E-state index contributed by atoms with van der Waals surface area (Å²) in [6.45, 7) is 6.69. The molecule has 142 valence electrons. The van der Waals surface area contributed by atoms with E-state index in [0.717, 1.165) is 12.1 Å². The number of aromatic nitrogens is 2. The summed E-state index contributed by atoms with van der Waals surface area (Å²) >= 11 is 0. The molecule has 2 aromatic rings. The summed E-state index contributed by atoms with van der Waals surface area (Å²) < 4.78 is 1.89. The van der Waals surface area contributed by atoms with Gasteiger partial charge in [0.15, 0.2) is 5.96 Å². The third-order valence-corrected chi connectivity index (χ3v) is 3.55. The minimum absolute atomic E-state index is 0. The van der Waals surface area contributed by atoms with Crippen molar-refractivity contribution in [2.45, 2.75) is 26.9 Å². The van der Waals surface area contributed by atoms with Crippen LogP contribution in [0.15, 0.2) is 47.7 Å². The average molecular weight is 470 g/mol. The van der Waals surface area contributed by atoms with Crippen LogP contribution in [0, 0.1) is 0 Å². The zero-order chi connectivity index (χ0) is 17.9. The second-order valence-electron chi connectivity index (χ2n) is 5.47. The van der Waals surface area contributed by atoms with Crippen LogP contribution < -0.4 is 16.0 Å². The van der Waals surface area contributed by atoms with Gasteiger partial charge in [-0.3, -0.25) is 9.48 Å². The summed E-state index contributed by atoms with van der Waals surface area (Å²) in [5.41, 5.74) is 2.31. The van der Waals surface area contributed by atoms with Crippen LogP contribution in [-0.2, 0) is 17.9 Å². The van der Waals surface area contributed by atoms with E-state index < -0.39 is 0 Å². The first-order valence-corrected chi connectivity index (χ1v) is 8.56. The van der Waals surface area contributed by atoms with Gasteiger partial charge in [0.25, 0.3) is 0 Å². The summed E-state index contributed by atoms with van der Waals surface area (Å²) in [6, 6.07) is 10.1. The number of carbonyl (C=O) groups is 1. The third kappa shape index (κ3) is 7.42. The largest absolute Gasteiger partial charge is 0.357 e. The maximum Gasteiger partial charge on any atom is 0.239 e. The Hall–Kier alpha value is -2.10. The number of benzene rings is 1. The van der Waals surface area contributed by atoms with Gasteiger partial charge < -0.3 is 16.0 Å². The minimum atomic E-state index is -0.0489. The lowest BCUT2D eigenvalue weighted by Gasteiger charge is -2.12. The van der Waals surface area contributed by atoms with E-state index in [-0.39, 0.29) is 36.4 Å². The van der Waals surface area contributed by atoms with Crippen molar-refractivity contribution >= 4 is 35.8 Å². The number of nitrogens with zero attached hydrogens (tertiary/aromatic N) is 3. The molecule has 0 saturated carbocycles. The van der Waals surface area contributed by atoms with Crippen LogP contribution in [0.5, 0.6) is 0 Å². The minimum Gasteiger partial charge on any atom is -0.357 e.